The third-order valence-electron chi connectivity index (χ3n) is 3.47. The van der Waals surface area contributed by atoms with Crippen molar-refractivity contribution in [2.45, 2.75) is 32.3 Å². The van der Waals surface area contributed by atoms with E-state index in [0.717, 1.165) is 36.1 Å². The maximum atomic E-state index is 12.5. The van der Waals surface area contributed by atoms with E-state index in [-0.39, 0.29) is 5.78 Å². The Kier molecular flexibility index (Phi) is 3.50. The van der Waals surface area contributed by atoms with Crippen molar-refractivity contribution in [3.8, 4) is 5.75 Å². The average molecular weight is 267 g/mol. The molecule has 1 heterocycles. The number of ether oxygens (including phenoxy) is 1. The summed E-state index contributed by atoms with van der Waals surface area (Å²) in [4.78, 5) is 16.6. The molecule has 0 N–H and O–H groups in total. The minimum atomic E-state index is 0.0437. The van der Waals surface area contributed by atoms with Crippen LogP contribution in [0.5, 0.6) is 5.75 Å². The number of carbonyl (C=O) groups is 1. The molecule has 3 rings (SSSR count). The van der Waals surface area contributed by atoms with Crippen molar-refractivity contribution < 1.29 is 9.53 Å². The van der Waals surface area contributed by atoms with Crippen LogP contribution in [0, 0.1) is 0 Å². The van der Waals surface area contributed by atoms with Gasteiger partial charge in [0.25, 0.3) is 0 Å². The molecular weight excluding hydrogens is 250 g/mol. The van der Waals surface area contributed by atoms with Crippen LogP contribution in [0.1, 0.15) is 41.3 Å². The molecule has 1 aliphatic carbocycles. The quantitative estimate of drug-likeness (QED) is 0.779. The van der Waals surface area contributed by atoms with Gasteiger partial charge in [0, 0.05) is 23.5 Å². The van der Waals surface area contributed by atoms with Crippen LogP contribution in [0.3, 0.4) is 0 Å². The Hall–Kier alpha value is -2.16. The second kappa shape index (κ2) is 5.45. The summed E-state index contributed by atoms with van der Waals surface area (Å²) in [5.41, 5.74) is 2.41. The second-order valence-electron chi connectivity index (χ2n) is 5.06. The van der Waals surface area contributed by atoms with Gasteiger partial charge in [0.2, 0.25) is 0 Å². The minimum absolute atomic E-state index is 0.0437. The van der Waals surface area contributed by atoms with Crippen molar-refractivity contribution in [3.05, 3.63) is 59.4 Å². The van der Waals surface area contributed by atoms with Crippen molar-refractivity contribution in [2.24, 2.45) is 0 Å². The Morgan fingerprint density at radius 3 is 2.65 bits per heavy atom. The van der Waals surface area contributed by atoms with Crippen molar-refractivity contribution in [1.82, 2.24) is 4.98 Å². The molecule has 0 bridgehead atoms. The largest absolute Gasteiger partial charge is 0.490 e. The number of pyridine rings is 1. The molecule has 0 amide bonds. The van der Waals surface area contributed by atoms with E-state index in [2.05, 4.69) is 4.98 Å². The van der Waals surface area contributed by atoms with Crippen LogP contribution >= 0.6 is 0 Å². The maximum Gasteiger partial charge on any atom is 0.193 e. The minimum Gasteiger partial charge on any atom is -0.490 e. The molecule has 0 radical (unpaired) electrons. The number of rotatable bonds is 5. The summed E-state index contributed by atoms with van der Waals surface area (Å²) in [6, 6.07) is 9.20. The Morgan fingerprint density at radius 1 is 1.25 bits per heavy atom. The number of ketones is 1. The van der Waals surface area contributed by atoms with E-state index >= 15 is 0 Å². The highest BCUT2D eigenvalue weighted by Gasteiger charge is 2.23. The fraction of sp³-hybridized carbons (Fsp3) is 0.294. The van der Waals surface area contributed by atoms with Gasteiger partial charge >= 0.3 is 0 Å². The van der Waals surface area contributed by atoms with Crippen LogP contribution in [0.4, 0.5) is 0 Å². The molecule has 0 unspecified atom stereocenters. The van der Waals surface area contributed by atoms with Crippen molar-refractivity contribution >= 4 is 5.78 Å². The van der Waals surface area contributed by atoms with Gasteiger partial charge in [0.1, 0.15) is 5.75 Å². The van der Waals surface area contributed by atoms with Crippen LogP contribution in [0.15, 0.2) is 42.7 Å². The number of aromatic nitrogens is 1. The first-order valence-corrected chi connectivity index (χ1v) is 7.02. The van der Waals surface area contributed by atoms with Gasteiger partial charge in [-0.15, -0.1) is 0 Å². The molecular formula is C17H17NO2. The first kappa shape index (κ1) is 12.9. The highest BCUT2D eigenvalue weighted by atomic mass is 16.5. The third-order valence-corrected chi connectivity index (χ3v) is 3.47. The van der Waals surface area contributed by atoms with Gasteiger partial charge in [-0.1, -0.05) is 6.92 Å². The average Bonchev–Trinajstić information content (AvgIpc) is 3.31. The fourth-order valence-electron chi connectivity index (χ4n) is 2.15. The van der Waals surface area contributed by atoms with Gasteiger partial charge in [-0.2, -0.15) is 0 Å². The molecule has 1 saturated carbocycles. The first-order valence-electron chi connectivity index (χ1n) is 7.02. The monoisotopic (exact) mass is 267 g/mol. The van der Waals surface area contributed by atoms with E-state index in [9.17, 15) is 4.79 Å². The number of hydrogen-bond acceptors (Lipinski definition) is 3. The van der Waals surface area contributed by atoms with Crippen molar-refractivity contribution in [1.29, 1.82) is 0 Å². The topological polar surface area (TPSA) is 39.2 Å². The number of hydrogen-bond donors (Lipinski definition) is 0. The number of aryl methyl sites for hydroxylation is 1. The van der Waals surface area contributed by atoms with Crippen LogP contribution in [0.2, 0.25) is 0 Å². The first-order chi connectivity index (χ1) is 9.78. The van der Waals surface area contributed by atoms with E-state index in [1.807, 2.05) is 31.2 Å². The van der Waals surface area contributed by atoms with Crippen molar-refractivity contribution in [3.63, 3.8) is 0 Å². The second-order valence-corrected chi connectivity index (χ2v) is 5.06. The van der Waals surface area contributed by atoms with E-state index in [0.29, 0.717) is 11.7 Å². The highest BCUT2D eigenvalue weighted by Crippen LogP contribution is 2.27. The normalized spacial score (nSPS) is 14.1. The molecule has 3 nitrogen and oxygen atoms in total. The maximum absolute atomic E-state index is 12.5. The van der Waals surface area contributed by atoms with Crippen LogP contribution in [0.25, 0.3) is 0 Å². The lowest BCUT2D eigenvalue weighted by atomic mass is 9.99. The summed E-state index contributed by atoms with van der Waals surface area (Å²) in [7, 11) is 0. The molecule has 3 heteroatoms. The number of benzene rings is 1. The SMILES string of the molecule is CCc1cnccc1C(=O)c1ccc(OC2CC2)cc1. The lowest BCUT2D eigenvalue weighted by molar-refractivity contribution is 0.103. The molecule has 0 spiro atoms. The molecule has 1 aliphatic rings. The summed E-state index contributed by atoms with van der Waals surface area (Å²) >= 11 is 0. The fourth-order valence-corrected chi connectivity index (χ4v) is 2.15. The van der Waals surface area contributed by atoms with E-state index in [4.69, 9.17) is 4.74 Å². The van der Waals surface area contributed by atoms with Gasteiger partial charge < -0.3 is 4.74 Å². The Balaban J connectivity index is 1.82. The molecule has 1 aromatic heterocycles. The lowest BCUT2D eigenvalue weighted by Crippen LogP contribution is -2.05. The summed E-state index contributed by atoms with van der Waals surface area (Å²) in [6.07, 6.45) is 6.88. The van der Waals surface area contributed by atoms with Crippen LogP contribution in [-0.4, -0.2) is 16.9 Å². The van der Waals surface area contributed by atoms with Gasteiger partial charge in [-0.3, -0.25) is 9.78 Å². The van der Waals surface area contributed by atoms with Crippen LogP contribution in [-0.2, 0) is 6.42 Å². The third kappa shape index (κ3) is 2.72. The Morgan fingerprint density at radius 2 is 2.00 bits per heavy atom. The molecule has 0 atom stereocenters. The Labute approximate surface area is 118 Å². The predicted octanol–water partition coefficient (Wildman–Crippen LogP) is 3.42. The number of carbonyl (C=O) groups excluding carboxylic acids is 1. The van der Waals surface area contributed by atoms with Crippen LogP contribution < -0.4 is 4.74 Å². The Bertz CT molecular complexity index is 615. The summed E-state index contributed by atoms with van der Waals surface area (Å²) < 4.78 is 5.69. The standard InChI is InChI=1S/C17H17NO2/c1-2-12-11-18-10-9-16(12)17(19)13-3-5-14(6-4-13)20-15-7-8-15/h3-6,9-11,15H,2,7-8H2,1H3. The molecule has 102 valence electrons. The van der Waals surface area contributed by atoms with Gasteiger partial charge in [0.05, 0.1) is 6.10 Å². The van der Waals surface area contributed by atoms with Gasteiger partial charge in [0.15, 0.2) is 5.78 Å². The van der Waals surface area contributed by atoms with E-state index < -0.39 is 0 Å². The molecule has 20 heavy (non-hydrogen) atoms. The van der Waals surface area contributed by atoms with E-state index in [1.165, 1.54) is 0 Å². The van der Waals surface area contributed by atoms with Crippen molar-refractivity contribution in [2.75, 3.05) is 0 Å². The highest BCUT2D eigenvalue weighted by molar-refractivity contribution is 6.09. The smallest absolute Gasteiger partial charge is 0.193 e. The molecule has 0 aliphatic heterocycles. The summed E-state index contributed by atoms with van der Waals surface area (Å²) in [5.74, 6) is 0.886. The predicted molar refractivity (Wildman–Crippen MR) is 77.1 cm³/mol. The zero-order chi connectivity index (χ0) is 13.9. The molecule has 1 aromatic carbocycles. The van der Waals surface area contributed by atoms with E-state index in [1.54, 1.807) is 18.5 Å². The lowest BCUT2D eigenvalue weighted by Gasteiger charge is -2.08. The zero-order valence-electron chi connectivity index (χ0n) is 11.5. The molecule has 0 saturated heterocycles. The molecule has 1 fully saturated rings. The number of nitrogens with zero attached hydrogens (tertiary/aromatic N) is 1. The zero-order valence-corrected chi connectivity index (χ0v) is 11.5. The van der Waals surface area contributed by atoms with Gasteiger partial charge in [-0.25, -0.2) is 0 Å². The molecule has 2 aromatic rings. The summed E-state index contributed by atoms with van der Waals surface area (Å²) in [6.45, 7) is 2.03. The van der Waals surface area contributed by atoms with Gasteiger partial charge in [-0.05, 0) is 55.2 Å². The summed E-state index contributed by atoms with van der Waals surface area (Å²) in [5, 5.41) is 0.